The molecular weight excluding hydrogens is 296 g/mol. The van der Waals surface area contributed by atoms with Gasteiger partial charge in [0.15, 0.2) is 0 Å². The molecule has 4 rings (SSSR count). The second kappa shape index (κ2) is 4.96. The fraction of sp³-hybridized carbons (Fsp3) is 0.947. The van der Waals surface area contributed by atoms with E-state index in [1.54, 1.807) is 0 Å². The molecule has 3 heteroatoms. The van der Waals surface area contributed by atoms with E-state index in [9.17, 15) is 9.90 Å². The monoisotopic (exact) mass is 324 g/mol. The first-order chi connectivity index (χ1) is 10.4. The summed E-state index contributed by atoms with van der Waals surface area (Å²) in [5, 5.41) is 10.1. The molecule has 0 aromatic carbocycles. The highest BCUT2D eigenvalue weighted by atomic mass is 35.5. The van der Waals surface area contributed by atoms with E-state index in [1.165, 1.54) is 12.8 Å². The molecule has 2 nitrogen and oxygen atoms in total. The van der Waals surface area contributed by atoms with E-state index in [4.69, 9.17) is 11.6 Å². The number of Topliss-reactive ketones (excluding diaryl/α,β-unsaturated/α-hetero) is 1. The highest BCUT2D eigenvalue weighted by molar-refractivity contribution is 6.21. The molecule has 0 bridgehead atoms. The fourth-order valence-electron chi connectivity index (χ4n) is 7.04. The van der Waals surface area contributed by atoms with Gasteiger partial charge in [-0.3, -0.25) is 4.79 Å². The lowest BCUT2D eigenvalue weighted by Crippen LogP contribution is -2.57. The number of fused-ring (bicyclic) bond motifs is 5. The number of ketones is 1. The quantitative estimate of drug-likeness (QED) is 0.679. The van der Waals surface area contributed by atoms with Gasteiger partial charge in [0, 0.05) is 11.8 Å². The molecule has 1 unspecified atom stereocenters. The molecule has 8 atom stereocenters. The Morgan fingerprint density at radius 2 is 1.77 bits per heavy atom. The zero-order valence-electron chi connectivity index (χ0n) is 13.9. The van der Waals surface area contributed by atoms with Crippen LogP contribution < -0.4 is 0 Å². The van der Waals surface area contributed by atoms with Gasteiger partial charge in [0.05, 0.1) is 11.5 Å². The fourth-order valence-corrected chi connectivity index (χ4v) is 7.58. The third-order valence-corrected chi connectivity index (χ3v) is 8.98. The SMILES string of the molecule is C[C@]12CC[C@@H](O)C(Cl)[C@@H]1CC[C@@H]1[C@@H]2CC[C@]2(C)C(=O)CC[C@@H]12. The van der Waals surface area contributed by atoms with Crippen LogP contribution in [0.4, 0.5) is 0 Å². The number of aliphatic hydroxyl groups excluding tert-OH is 1. The molecule has 22 heavy (non-hydrogen) atoms. The third-order valence-electron chi connectivity index (χ3n) is 8.38. The molecule has 4 aliphatic rings. The molecule has 4 aliphatic carbocycles. The molecule has 0 heterocycles. The molecule has 0 aromatic heterocycles. The molecule has 0 saturated heterocycles. The summed E-state index contributed by atoms with van der Waals surface area (Å²) in [4.78, 5) is 12.4. The van der Waals surface area contributed by atoms with Crippen LogP contribution in [0.1, 0.15) is 65.2 Å². The van der Waals surface area contributed by atoms with Crippen molar-refractivity contribution in [3.8, 4) is 0 Å². The van der Waals surface area contributed by atoms with E-state index in [1.807, 2.05) is 0 Å². The highest BCUT2D eigenvalue weighted by Crippen LogP contribution is 2.65. The lowest BCUT2D eigenvalue weighted by molar-refractivity contribution is -0.141. The lowest BCUT2D eigenvalue weighted by atomic mass is 9.45. The van der Waals surface area contributed by atoms with Crippen molar-refractivity contribution < 1.29 is 9.90 Å². The van der Waals surface area contributed by atoms with Crippen molar-refractivity contribution in [1.29, 1.82) is 0 Å². The molecular formula is C19H29ClO2. The summed E-state index contributed by atoms with van der Waals surface area (Å²) in [6, 6.07) is 0. The summed E-state index contributed by atoms with van der Waals surface area (Å²) < 4.78 is 0. The van der Waals surface area contributed by atoms with Gasteiger partial charge in [-0.2, -0.15) is 0 Å². The average Bonchev–Trinajstić information content (AvgIpc) is 2.79. The van der Waals surface area contributed by atoms with Gasteiger partial charge in [-0.25, -0.2) is 0 Å². The number of halogens is 1. The first-order valence-electron chi connectivity index (χ1n) is 9.23. The van der Waals surface area contributed by atoms with Crippen LogP contribution in [0.15, 0.2) is 0 Å². The molecule has 0 spiro atoms. The summed E-state index contributed by atoms with van der Waals surface area (Å²) in [6.45, 7) is 4.68. The van der Waals surface area contributed by atoms with Crippen LogP contribution in [0.2, 0.25) is 0 Å². The molecule has 0 radical (unpaired) electrons. The number of carbonyl (C=O) groups is 1. The number of aliphatic hydroxyl groups is 1. The summed E-state index contributed by atoms with van der Waals surface area (Å²) in [5.41, 5.74) is 0.250. The normalized spacial score (nSPS) is 57.9. The molecule has 0 aliphatic heterocycles. The van der Waals surface area contributed by atoms with Crippen molar-refractivity contribution >= 4 is 17.4 Å². The van der Waals surface area contributed by atoms with Crippen molar-refractivity contribution in [3.05, 3.63) is 0 Å². The molecule has 4 fully saturated rings. The first kappa shape index (κ1) is 15.4. The molecule has 1 N–H and O–H groups in total. The van der Waals surface area contributed by atoms with Crippen molar-refractivity contribution in [2.75, 3.05) is 0 Å². The Morgan fingerprint density at radius 1 is 1.00 bits per heavy atom. The number of rotatable bonds is 0. The Morgan fingerprint density at radius 3 is 2.55 bits per heavy atom. The maximum absolute atomic E-state index is 12.4. The van der Waals surface area contributed by atoms with E-state index in [0.717, 1.165) is 38.5 Å². The van der Waals surface area contributed by atoms with Gasteiger partial charge in [-0.15, -0.1) is 11.6 Å². The largest absolute Gasteiger partial charge is 0.392 e. The van der Waals surface area contributed by atoms with Crippen molar-refractivity contribution in [1.82, 2.24) is 0 Å². The second-order valence-corrected chi connectivity index (χ2v) is 9.54. The maximum atomic E-state index is 12.4. The smallest absolute Gasteiger partial charge is 0.139 e. The first-order valence-corrected chi connectivity index (χ1v) is 9.67. The summed E-state index contributed by atoms with van der Waals surface area (Å²) in [5.74, 6) is 3.02. The standard InChI is InChI=1S/C19H29ClO2/c1-18-10-8-15(21)17(20)14(18)4-3-11-12-5-6-16(22)19(12,2)9-7-13(11)18/h11-15,17,21H,3-10H2,1-2H3/t11-,12-,13-,14-,15+,17?,18+,19-/m0/s1. The van der Waals surface area contributed by atoms with Gasteiger partial charge < -0.3 is 5.11 Å². The van der Waals surface area contributed by atoms with Gasteiger partial charge in [-0.1, -0.05) is 13.8 Å². The number of hydrogen-bond donors (Lipinski definition) is 1. The topological polar surface area (TPSA) is 37.3 Å². The minimum atomic E-state index is -0.321. The van der Waals surface area contributed by atoms with Gasteiger partial charge >= 0.3 is 0 Å². The Balaban J connectivity index is 1.65. The average molecular weight is 325 g/mol. The Hall–Kier alpha value is -0.0800. The van der Waals surface area contributed by atoms with E-state index < -0.39 is 0 Å². The zero-order chi connectivity index (χ0) is 15.7. The Kier molecular flexibility index (Phi) is 3.48. The minimum Gasteiger partial charge on any atom is -0.392 e. The van der Waals surface area contributed by atoms with E-state index in [0.29, 0.717) is 29.5 Å². The summed E-state index contributed by atoms with van der Waals surface area (Å²) >= 11 is 6.62. The van der Waals surface area contributed by atoms with E-state index in [-0.39, 0.29) is 22.3 Å². The molecule has 0 aromatic rings. The highest BCUT2D eigenvalue weighted by Gasteiger charge is 2.61. The van der Waals surface area contributed by atoms with Crippen LogP contribution in [0, 0.1) is 34.5 Å². The maximum Gasteiger partial charge on any atom is 0.139 e. The van der Waals surface area contributed by atoms with Crippen molar-refractivity contribution in [2.45, 2.75) is 76.7 Å². The van der Waals surface area contributed by atoms with E-state index in [2.05, 4.69) is 13.8 Å². The molecule has 0 amide bonds. The lowest BCUT2D eigenvalue weighted by Gasteiger charge is -2.61. The van der Waals surface area contributed by atoms with Crippen LogP contribution in [0.3, 0.4) is 0 Å². The van der Waals surface area contributed by atoms with Crippen molar-refractivity contribution in [3.63, 3.8) is 0 Å². The minimum absolute atomic E-state index is 0.0289. The predicted molar refractivity (Wildman–Crippen MR) is 87.8 cm³/mol. The second-order valence-electron chi connectivity index (χ2n) is 9.03. The molecule has 4 saturated carbocycles. The zero-order valence-corrected chi connectivity index (χ0v) is 14.6. The van der Waals surface area contributed by atoms with Crippen LogP contribution in [-0.4, -0.2) is 22.4 Å². The summed E-state index contributed by atoms with van der Waals surface area (Å²) in [6.07, 6.45) is 8.19. The van der Waals surface area contributed by atoms with Crippen LogP contribution in [-0.2, 0) is 4.79 Å². The Bertz CT molecular complexity index is 492. The van der Waals surface area contributed by atoms with E-state index >= 15 is 0 Å². The third kappa shape index (κ3) is 1.86. The van der Waals surface area contributed by atoms with Gasteiger partial charge in [-0.05, 0) is 74.0 Å². The molecule has 124 valence electrons. The van der Waals surface area contributed by atoms with Crippen molar-refractivity contribution in [2.24, 2.45) is 34.5 Å². The number of hydrogen-bond acceptors (Lipinski definition) is 2. The van der Waals surface area contributed by atoms with Crippen LogP contribution in [0.25, 0.3) is 0 Å². The van der Waals surface area contributed by atoms with Gasteiger partial charge in [0.1, 0.15) is 5.78 Å². The van der Waals surface area contributed by atoms with Crippen LogP contribution in [0.5, 0.6) is 0 Å². The summed E-state index contributed by atoms with van der Waals surface area (Å²) in [7, 11) is 0. The van der Waals surface area contributed by atoms with Crippen LogP contribution >= 0.6 is 11.6 Å². The Labute approximate surface area is 139 Å². The number of carbonyl (C=O) groups excluding carboxylic acids is 1. The van der Waals surface area contributed by atoms with Gasteiger partial charge in [0.25, 0.3) is 0 Å². The van der Waals surface area contributed by atoms with Gasteiger partial charge in [0.2, 0.25) is 0 Å². The predicted octanol–water partition coefficient (Wildman–Crippen LogP) is 4.18. The number of alkyl halides is 1.